The Balaban J connectivity index is 1.90. The number of aliphatic hydroxyl groups excluding tert-OH is 1. The van der Waals surface area contributed by atoms with E-state index >= 15 is 0 Å². The normalized spacial score (nSPS) is 25.5. The number of likely N-dealkylation sites (tertiary alicyclic amines) is 1. The molecule has 2 atom stereocenters. The highest BCUT2D eigenvalue weighted by Crippen LogP contribution is 2.33. The van der Waals surface area contributed by atoms with Gasteiger partial charge in [0.25, 0.3) is 5.91 Å². The average Bonchev–Trinajstić information content (AvgIpc) is 2.62. The molecule has 1 aromatic carbocycles. The SMILES string of the molecule is CC(C)N1C(=O)CO[C@H](C(=O)N2CCC(O)CC2)[C@H]1c1ccccc1. The molecule has 1 N–H and O–H groups in total. The molecule has 25 heavy (non-hydrogen) atoms. The summed E-state index contributed by atoms with van der Waals surface area (Å²) < 4.78 is 5.73. The van der Waals surface area contributed by atoms with Crippen LogP contribution in [0.25, 0.3) is 0 Å². The van der Waals surface area contributed by atoms with Gasteiger partial charge in [-0.25, -0.2) is 0 Å². The number of hydrogen-bond acceptors (Lipinski definition) is 4. The van der Waals surface area contributed by atoms with Gasteiger partial charge >= 0.3 is 0 Å². The number of carbonyl (C=O) groups is 2. The van der Waals surface area contributed by atoms with Gasteiger partial charge in [-0.15, -0.1) is 0 Å². The lowest BCUT2D eigenvalue weighted by atomic mass is 9.94. The molecule has 2 amide bonds. The molecule has 0 unspecified atom stereocenters. The van der Waals surface area contributed by atoms with Crippen LogP contribution in [0.1, 0.15) is 38.3 Å². The fraction of sp³-hybridized carbons (Fsp3) is 0.579. The van der Waals surface area contributed by atoms with Gasteiger partial charge in [0, 0.05) is 19.1 Å². The fourth-order valence-electron chi connectivity index (χ4n) is 3.70. The maximum absolute atomic E-state index is 13.1. The lowest BCUT2D eigenvalue weighted by Crippen LogP contribution is -2.57. The van der Waals surface area contributed by atoms with Crippen LogP contribution in [0.5, 0.6) is 0 Å². The Morgan fingerprint density at radius 2 is 1.84 bits per heavy atom. The van der Waals surface area contributed by atoms with E-state index in [1.165, 1.54) is 0 Å². The summed E-state index contributed by atoms with van der Waals surface area (Å²) in [7, 11) is 0. The van der Waals surface area contributed by atoms with Crippen LogP contribution in [0.2, 0.25) is 0 Å². The maximum atomic E-state index is 13.1. The molecule has 6 heteroatoms. The minimum Gasteiger partial charge on any atom is -0.393 e. The Morgan fingerprint density at radius 1 is 1.20 bits per heavy atom. The van der Waals surface area contributed by atoms with Crippen molar-refractivity contribution >= 4 is 11.8 Å². The fourth-order valence-corrected chi connectivity index (χ4v) is 3.70. The monoisotopic (exact) mass is 346 g/mol. The van der Waals surface area contributed by atoms with E-state index < -0.39 is 12.1 Å². The third-order valence-corrected chi connectivity index (χ3v) is 4.98. The van der Waals surface area contributed by atoms with E-state index in [1.807, 2.05) is 44.2 Å². The van der Waals surface area contributed by atoms with Crippen molar-refractivity contribution in [1.29, 1.82) is 0 Å². The van der Waals surface area contributed by atoms with Crippen molar-refractivity contribution in [3.63, 3.8) is 0 Å². The molecular formula is C19H26N2O4. The summed E-state index contributed by atoms with van der Waals surface area (Å²) in [6.45, 7) is 4.89. The van der Waals surface area contributed by atoms with Crippen molar-refractivity contribution in [2.75, 3.05) is 19.7 Å². The standard InChI is InChI=1S/C19H26N2O4/c1-13(2)21-16(23)12-25-18(17(21)14-6-4-3-5-7-14)19(24)20-10-8-15(22)9-11-20/h3-7,13,15,17-18,22H,8-12H2,1-2H3/t17-,18+/m1/s1. The second kappa shape index (κ2) is 7.54. The first kappa shape index (κ1) is 17.9. The summed E-state index contributed by atoms with van der Waals surface area (Å²) in [5.41, 5.74) is 0.902. The molecule has 0 spiro atoms. The number of morpholine rings is 1. The third kappa shape index (κ3) is 3.70. The molecule has 136 valence electrons. The number of benzene rings is 1. The molecule has 2 aliphatic rings. The maximum Gasteiger partial charge on any atom is 0.254 e. The molecule has 0 aromatic heterocycles. The Kier molecular flexibility index (Phi) is 5.39. The lowest BCUT2D eigenvalue weighted by Gasteiger charge is -2.44. The predicted octanol–water partition coefficient (Wildman–Crippen LogP) is 1.35. The van der Waals surface area contributed by atoms with Crippen molar-refractivity contribution in [2.45, 2.75) is 51.0 Å². The number of rotatable bonds is 3. The van der Waals surface area contributed by atoms with Gasteiger partial charge < -0.3 is 19.6 Å². The zero-order valence-corrected chi connectivity index (χ0v) is 14.8. The van der Waals surface area contributed by atoms with E-state index in [2.05, 4.69) is 0 Å². The van der Waals surface area contributed by atoms with Crippen LogP contribution in [0.15, 0.2) is 30.3 Å². The number of aliphatic hydroxyl groups is 1. The third-order valence-electron chi connectivity index (χ3n) is 4.98. The van der Waals surface area contributed by atoms with Crippen LogP contribution in [0, 0.1) is 0 Å². The average molecular weight is 346 g/mol. The highest BCUT2D eigenvalue weighted by atomic mass is 16.5. The van der Waals surface area contributed by atoms with Crippen molar-refractivity contribution in [1.82, 2.24) is 9.80 Å². The molecule has 3 rings (SSSR count). The molecule has 6 nitrogen and oxygen atoms in total. The molecule has 0 bridgehead atoms. The zero-order chi connectivity index (χ0) is 18.0. The first-order valence-electron chi connectivity index (χ1n) is 8.93. The summed E-state index contributed by atoms with van der Waals surface area (Å²) in [6, 6.07) is 9.14. The molecule has 0 saturated carbocycles. The summed E-state index contributed by atoms with van der Waals surface area (Å²) >= 11 is 0. The van der Waals surface area contributed by atoms with Gasteiger partial charge in [0.05, 0.1) is 12.1 Å². The number of amides is 2. The van der Waals surface area contributed by atoms with E-state index in [-0.39, 0.29) is 30.6 Å². The van der Waals surface area contributed by atoms with Gasteiger partial charge in [0.1, 0.15) is 6.61 Å². The summed E-state index contributed by atoms with van der Waals surface area (Å²) in [5, 5.41) is 9.68. The molecule has 2 aliphatic heterocycles. The van der Waals surface area contributed by atoms with E-state index in [1.54, 1.807) is 9.80 Å². The number of piperidine rings is 1. The predicted molar refractivity (Wildman–Crippen MR) is 92.7 cm³/mol. The van der Waals surface area contributed by atoms with Crippen LogP contribution in [-0.4, -0.2) is 64.7 Å². The Hall–Kier alpha value is -1.92. The van der Waals surface area contributed by atoms with Crippen LogP contribution in [0.4, 0.5) is 0 Å². The minimum atomic E-state index is -0.710. The molecule has 2 heterocycles. The largest absolute Gasteiger partial charge is 0.393 e. The van der Waals surface area contributed by atoms with E-state index in [0.29, 0.717) is 25.9 Å². The number of ether oxygens (including phenoxy) is 1. The zero-order valence-electron chi connectivity index (χ0n) is 14.8. The van der Waals surface area contributed by atoms with Crippen LogP contribution in [0.3, 0.4) is 0 Å². The Bertz CT molecular complexity index is 611. The smallest absolute Gasteiger partial charge is 0.254 e. The molecule has 0 aliphatic carbocycles. The molecule has 2 saturated heterocycles. The topological polar surface area (TPSA) is 70.1 Å². The van der Waals surface area contributed by atoms with Gasteiger partial charge in [-0.05, 0) is 32.3 Å². The highest BCUT2D eigenvalue weighted by Gasteiger charge is 2.44. The van der Waals surface area contributed by atoms with Gasteiger partial charge in [0.2, 0.25) is 5.91 Å². The first-order valence-corrected chi connectivity index (χ1v) is 8.93. The van der Waals surface area contributed by atoms with E-state index in [4.69, 9.17) is 4.74 Å². The van der Waals surface area contributed by atoms with Crippen molar-refractivity contribution in [3.05, 3.63) is 35.9 Å². The van der Waals surface area contributed by atoms with Gasteiger partial charge in [-0.1, -0.05) is 30.3 Å². The molecule has 1 aromatic rings. The first-order chi connectivity index (χ1) is 12.0. The summed E-state index contributed by atoms with van der Waals surface area (Å²) in [6.07, 6.45) is 0.121. The van der Waals surface area contributed by atoms with Crippen molar-refractivity contribution in [2.24, 2.45) is 0 Å². The number of carbonyl (C=O) groups excluding carboxylic acids is 2. The Labute approximate surface area is 148 Å². The van der Waals surface area contributed by atoms with Crippen LogP contribution >= 0.6 is 0 Å². The van der Waals surface area contributed by atoms with Crippen molar-refractivity contribution < 1.29 is 19.4 Å². The van der Waals surface area contributed by atoms with Gasteiger partial charge in [-0.3, -0.25) is 9.59 Å². The molecule has 0 radical (unpaired) electrons. The quantitative estimate of drug-likeness (QED) is 0.897. The van der Waals surface area contributed by atoms with Gasteiger partial charge in [0.15, 0.2) is 6.10 Å². The summed E-state index contributed by atoms with van der Waals surface area (Å²) in [4.78, 5) is 29.1. The van der Waals surface area contributed by atoms with E-state index in [9.17, 15) is 14.7 Å². The lowest BCUT2D eigenvalue weighted by molar-refractivity contribution is -0.172. The second-order valence-corrected chi connectivity index (χ2v) is 7.04. The molecular weight excluding hydrogens is 320 g/mol. The van der Waals surface area contributed by atoms with Crippen LogP contribution < -0.4 is 0 Å². The minimum absolute atomic E-state index is 0.0277. The number of hydrogen-bond donors (Lipinski definition) is 1. The Morgan fingerprint density at radius 3 is 2.44 bits per heavy atom. The highest BCUT2D eigenvalue weighted by molar-refractivity contribution is 5.86. The van der Waals surface area contributed by atoms with Crippen molar-refractivity contribution in [3.8, 4) is 0 Å². The molecule has 2 fully saturated rings. The van der Waals surface area contributed by atoms with Crippen LogP contribution in [-0.2, 0) is 14.3 Å². The number of nitrogens with zero attached hydrogens (tertiary/aromatic N) is 2. The van der Waals surface area contributed by atoms with E-state index in [0.717, 1.165) is 5.56 Å². The van der Waals surface area contributed by atoms with Gasteiger partial charge in [-0.2, -0.15) is 0 Å². The second-order valence-electron chi connectivity index (χ2n) is 7.04. The summed E-state index contributed by atoms with van der Waals surface area (Å²) in [5.74, 6) is -0.194.